The van der Waals surface area contributed by atoms with Gasteiger partial charge in [-0.15, -0.1) is 0 Å². The molecule has 11 heteroatoms. The van der Waals surface area contributed by atoms with Crippen LogP contribution in [0.4, 0.5) is 5.69 Å². The molecule has 0 amide bonds. The molecular weight excluding hydrogens is 484 g/mol. The number of pyridine rings is 1. The second-order valence-electron chi connectivity index (χ2n) is 7.52. The first-order chi connectivity index (χ1) is 17.4. The Hall–Kier alpha value is -4.62. The maximum atomic E-state index is 13.1. The second kappa shape index (κ2) is 10.8. The Kier molecular flexibility index (Phi) is 7.32. The van der Waals surface area contributed by atoms with E-state index < -0.39 is 11.4 Å². The lowest BCUT2D eigenvalue weighted by Gasteiger charge is -2.11. The maximum absolute atomic E-state index is 13.1. The third-order valence-electron chi connectivity index (χ3n) is 5.19. The highest BCUT2D eigenvalue weighted by Gasteiger charge is 2.11. The Balaban J connectivity index is 1.77. The average molecular weight is 505 g/mol. The van der Waals surface area contributed by atoms with Crippen molar-refractivity contribution < 1.29 is 9.47 Å². The number of hydrogen-bond acceptors (Lipinski definition) is 7. The lowest BCUT2D eigenvalue weighted by atomic mass is 10.2. The molecule has 0 unspecified atom stereocenters. The summed E-state index contributed by atoms with van der Waals surface area (Å²) in [4.78, 5) is 36.9. The SMILES string of the molecule is CCn1c(=O)[nH]/c(=N\c2ccc(Oc3cccc(C#N)n3)c(OC)c2)n(Cc2ccc(Cl)cc2)c1=O. The molecule has 4 rings (SSSR count). The Morgan fingerprint density at radius 1 is 1.08 bits per heavy atom. The maximum Gasteiger partial charge on any atom is 0.335 e. The second-order valence-corrected chi connectivity index (χ2v) is 7.95. The van der Waals surface area contributed by atoms with Gasteiger partial charge >= 0.3 is 11.4 Å². The number of benzene rings is 2. The molecule has 2 aromatic heterocycles. The molecule has 4 aromatic rings. The van der Waals surface area contributed by atoms with Crippen molar-refractivity contribution in [1.29, 1.82) is 5.26 Å². The number of rotatable bonds is 7. The third kappa shape index (κ3) is 5.37. The summed E-state index contributed by atoms with van der Waals surface area (Å²) in [5.41, 5.74) is 0.445. The van der Waals surface area contributed by atoms with Gasteiger partial charge in [-0.25, -0.2) is 24.1 Å². The summed E-state index contributed by atoms with van der Waals surface area (Å²) in [7, 11) is 1.47. The van der Waals surface area contributed by atoms with Crippen LogP contribution in [0.1, 0.15) is 18.2 Å². The lowest BCUT2D eigenvalue weighted by molar-refractivity contribution is 0.374. The lowest BCUT2D eigenvalue weighted by Crippen LogP contribution is -2.49. The Bertz CT molecular complexity index is 1630. The highest BCUT2D eigenvalue weighted by molar-refractivity contribution is 6.30. The topological polar surface area (TPSA) is 127 Å². The molecule has 0 bridgehead atoms. The number of aromatic amines is 1. The summed E-state index contributed by atoms with van der Waals surface area (Å²) in [6.45, 7) is 2.09. The minimum atomic E-state index is -0.566. The molecule has 10 nitrogen and oxygen atoms in total. The molecule has 0 spiro atoms. The molecule has 1 N–H and O–H groups in total. The molecular formula is C25H21ClN6O4. The van der Waals surface area contributed by atoms with Crippen molar-refractivity contribution in [3.8, 4) is 23.4 Å². The van der Waals surface area contributed by atoms with Crippen molar-refractivity contribution in [2.24, 2.45) is 4.99 Å². The van der Waals surface area contributed by atoms with Gasteiger partial charge < -0.3 is 9.47 Å². The summed E-state index contributed by atoms with van der Waals surface area (Å²) in [6.07, 6.45) is 0. The fraction of sp³-hybridized carbons (Fsp3) is 0.160. The van der Waals surface area contributed by atoms with Crippen molar-refractivity contribution in [1.82, 2.24) is 19.1 Å². The van der Waals surface area contributed by atoms with E-state index in [9.17, 15) is 9.59 Å². The molecule has 0 aliphatic rings. The van der Waals surface area contributed by atoms with Crippen LogP contribution in [0.2, 0.25) is 5.02 Å². The number of nitriles is 1. The van der Waals surface area contributed by atoms with Gasteiger partial charge in [0.2, 0.25) is 11.5 Å². The van der Waals surface area contributed by atoms with Crippen LogP contribution < -0.4 is 26.5 Å². The van der Waals surface area contributed by atoms with Crippen LogP contribution in [-0.4, -0.2) is 26.2 Å². The minimum absolute atomic E-state index is 0.0729. The van der Waals surface area contributed by atoms with Crippen molar-refractivity contribution in [3.05, 3.63) is 104 Å². The van der Waals surface area contributed by atoms with Crippen LogP contribution in [0.25, 0.3) is 0 Å². The zero-order valence-corrected chi connectivity index (χ0v) is 20.2. The van der Waals surface area contributed by atoms with Gasteiger partial charge in [0.1, 0.15) is 11.8 Å². The molecule has 2 heterocycles. The zero-order chi connectivity index (χ0) is 25.7. The van der Waals surface area contributed by atoms with Gasteiger partial charge in [-0.3, -0.25) is 9.55 Å². The quantitative estimate of drug-likeness (QED) is 0.411. The fourth-order valence-corrected chi connectivity index (χ4v) is 3.54. The number of nitrogens with zero attached hydrogens (tertiary/aromatic N) is 5. The summed E-state index contributed by atoms with van der Waals surface area (Å²) in [6, 6.07) is 18.7. The number of nitrogens with one attached hydrogen (secondary N) is 1. The number of methoxy groups -OCH3 is 1. The standard InChI is InChI=1S/C25H21ClN6O4/c1-3-31-24(33)30-23(32(25(31)34)15-16-7-9-17(26)10-8-16)29-18-11-12-20(21(13-18)35-2)36-22-6-4-5-19(14-27)28-22/h4-13H,3,15H2,1-2H3,(H,29,30,33). The normalized spacial score (nSPS) is 11.2. The molecule has 36 heavy (non-hydrogen) atoms. The molecule has 0 saturated carbocycles. The van der Waals surface area contributed by atoms with E-state index in [4.69, 9.17) is 26.3 Å². The molecule has 2 aromatic carbocycles. The highest BCUT2D eigenvalue weighted by atomic mass is 35.5. The van der Waals surface area contributed by atoms with E-state index in [0.29, 0.717) is 22.2 Å². The summed E-state index contributed by atoms with van der Waals surface area (Å²) >= 11 is 5.98. The van der Waals surface area contributed by atoms with Gasteiger partial charge in [-0.05, 0) is 42.8 Å². The first-order valence-corrected chi connectivity index (χ1v) is 11.3. The first-order valence-electron chi connectivity index (χ1n) is 10.9. The Labute approximate surface area is 210 Å². The van der Waals surface area contributed by atoms with Gasteiger partial charge in [0.15, 0.2) is 11.5 Å². The van der Waals surface area contributed by atoms with E-state index in [0.717, 1.165) is 10.1 Å². The van der Waals surface area contributed by atoms with Gasteiger partial charge in [-0.2, -0.15) is 5.26 Å². The predicted octanol–water partition coefficient (Wildman–Crippen LogP) is 3.36. The zero-order valence-electron chi connectivity index (χ0n) is 19.4. The number of ether oxygens (including phenoxy) is 2. The average Bonchev–Trinajstić information content (AvgIpc) is 2.88. The number of halogens is 1. The van der Waals surface area contributed by atoms with Crippen molar-refractivity contribution >= 4 is 17.3 Å². The summed E-state index contributed by atoms with van der Waals surface area (Å²) in [5, 5.41) is 9.62. The van der Waals surface area contributed by atoms with E-state index in [1.54, 1.807) is 67.6 Å². The molecule has 0 aliphatic heterocycles. The van der Waals surface area contributed by atoms with Crippen LogP contribution in [0.15, 0.2) is 75.2 Å². The smallest absolute Gasteiger partial charge is 0.335 e. The van der Waals surface area contributed by atoms with Gasteiger partial charge in [0.05, 0.1) is 19.3 Å². The highest BCUT2D eigenvalue weighted by Crippen LogP contribution is 2.34. The predicted molar refractivity (Wildman–Crippen MR) is 133 cm³/mol. The number of aromatic nitrogens is 4. The molecule has 182 valence electrons. The van der Waals surface area contributed by atoms with Crippen molar-refractivity contribution in [2.45, 2.75) is 20.0 Å². The van der Waals surface area contributed by atoms with E-state index in [1.165, 1.54) is 11.7 Å². The van der Waals surface area contributed by atoms with E-state index in [-0.39, 0.29) is 30.3 Å². The minimum Gasteiger partial charge on any atom is -0.493 e. The van der Waals surface area contributed by atoms with Gasteiger partial charge in [0, 0.05) is 23.7 Å². The molecule has 0 radical (unpaired) electrons. The van der Waals surface area contributed by atoms with Crippen molar-refractivity contribution in [2.75, 3.05) is 7.11 Å². The van der Waals surface area contributed by atoms with E-state index in [1.807, 2.05) is 6.07 Å². The van der Waals surface area contributed by atoms with Gasteiger partial charge in [0.25, 0.3) is 0 Å². The molecule has 0 saturated heterocycles. The first kappa shape index (κ1) is 24.5. The molecule has 0 atom stereocenters. The number of hydrogen-bond donors (Lipinski definition) is 1. The van der Waals surface area contributed by atoms with Crippen molar-refractivity contribution in [3.63, 3.8) is 0 Å². The largest absolute Gasteiger partial charge is 0.493 e. The Morgan fingerprint density at radius 3 is 2.56 bits per heavy atom. The van der Waals surface area contributed by atoms with Crippen LogP contribution in [0, 0.1) is 11.3 Å². The monoisotopic (exact) mass is 504 g/mol. The van der Waals surface area contributed by atoms with Gasteiger partial charge in [-0.1, -0.05) is 29.8 Å². The van der Waals surface area contributed by atoms with Crippen LogP contribution in [0.5, 0.6) is 17.4 Å². The summed E-state index contributed by atoms with van der Waals surface area (Å²) < 4.78 is 13.7. The molecule has 0 aliphatic carbocycles. The number of H-pyrrole nitrogens is 1. The Morgan fingerprint density at radius 2 is 1.86 bits per heavy atom. The van der Waals surface area contributed by atoms with Crippen LogP contribution in [-0.2, 0) is 13.1 Å². The summed E-state index contributed by atoms with van der Waals surface area (Å²) in [5.74, 6) is 0.919. The molecule has 0 fully saturated rings. The van der Waals surface area contributed by atoms with E-state index in [2.05, 4.69) is 15.0 Å². The fourth-order valence-electron chi connectivity index (χ4n) is 3.41. The van der Waals surface area contributed by atoms with Crippen LogP contribution >= 0.6 is 11.6 Å². The van der Waals surface area contributed by atoms with E-state index >= 15 is 0 Å². The third-order valence-corrected chi connectivity index (χ3v) is 5.44. The van der Waals surface area contributed by atoms with Crippen LogP contribution in [0.3, 0.4) is 0 Å².